The van der Waals surface area contributed by atoms with Gasteiger partial charge >= 0.3 is 0 Å². The molecule has 1 aliphatic heterocycles. The summed E-state index contributed by atoms with van der Waals surface area (Å²) in [5.74, 6) is 1.26. The Labute approximate surface area is 154 Å². The molecule has 0 saturated carbocycles. The SMILES string of the molecule is CCCCCc1ccc(N[C@H](C)C(=O)Nc2ccc3c(c2)OCO3)cc1. The fourth-order valence-corrected chi connectivity index (χ4v) is 2.89. The Morgan fingerprint density at radius 3 is 2.54 bits per heavy atom. The first kappa shape index (κ1) is 18.1. The van der Waals surface area contributed by atoms with E-state index in [0.717, 1.165) is 12.1 Å². The van der Waals surface area contributed by atoms with Crippen LogP contribution in [0, 0.1) is 0 Å². The quantitative estimate of drug-likeness (QED) is 0.681. The van der Waals surface area contributed by atoms with Crippen molar-refractivity contribution in [3.05, 3.63) is 48.0 Å². The molecule has 0 aliphatic carbocycles. The molecular weight excluding hydrogens is 328 g/mol. The minimum absolute atomic E-state index is 0.101. The third-order valence-corrected chi connectivity index (χ3v) is 4.44. The molecule has 26 heavy (non-hydrogen) atoms. The van der Waals surface area contributed by atoms with Gasteiger partial charge in [-0.2, -0.15) is 0 Å². The van der Waals surface area contributed by atoms with Gasteiger partial charge in [0.05, 0.1) is 0 Å². The summed E-state index contributed by atoms with van der Waals surface area (Å²) in [6, 6.07) is 13.3. The number of nitrogens with one attached hydrogen (secondary N) is 2. The lowest BCUT2D eigenvalue weighted by molar-refractivity contribution is -0.116. The molecule has 0 fully saturated rings. The van der Waals surface area contributed by atoms with E-state index in [-0.39, 0.29) is 18.7 Å². The molecule has 5 heteroatoms. The first-order chi connectivity index (χ1) is 12.7. The van der Waals surface area contributed by atoms with Crippen molar-refractivity contribution in [3.63, 3.8) is 0 Å². The lowest BCUT2D eigenvalue weighted by Gasteiger charge is -2.16. The molecule has 0 aromatic heterocycles. The lowest BCUT2D eigenvalue weighted by Crippen LogP contribution is -2.31. The van der Waals surface area contributed by atoms with Gasteiger partial charge in [-0.15, -0.1) is 0 Å². The van der Waals surface area contributed by atoms with Gasteiger partial charge in [-0.1, -0.05) is 31.9 Å². The zero-order valence-electron chi connectivity index (χ0n) is 15.4. The lowest BCUT2D eigenvalue weighted by atomic mass is 10.1. The molecule has 2 aromatic rings. The summed E-state index contributed by atoms with van der Waals surface area (Å²) in [5.41, 5.74) is 2.97. The van der Waals surface area contributed by atoms with Gasteiger partial charge in [-0.25, -0.2) is 0 Å². The number of hydrogen-bond donors (Lipinski definition) is 2. The molecule has 2 N–H and O–H groups in total. The second kappa shape index (κ2) is 8.61. The maximum Gasteiger partial charge on any atom is 0.246 e. The Hall–Kier alpha value is -2.69. The van der Waals surface area contributed by atoms with Gasteiger partial charge < -0.3 is 20.1 Å². The summed E-state index contributed by atoms with van der Waals surface area (Å²) in [5, 5.41) is 6.14. The van der Waals surface area contributed by atoms with E-state index >= 15 is 0 Å². The van der Waals surface area contributed by atoms with Crippen LogP contribution in [-0.2, 0) is 11.2 Å². The van der Waals surface area contributed by atoms with Gasteiger partial charge in [0.25, 0.3) is 0 Å². The van der Waals surface area contributed by atoms with E-state index in [9.17, 15) is 4.79 Å². The van der Waals surface area contributed by atoms with Crippen LogP contribution in [-0.4, -0.2) is 18.7 Å². The van der Waals surface area contributed by atoms with Gasteiger partial charge in [-0.3, -0.25) is 4.79 Å². The average Bonchev–Trinajstić information content (AvgIpc) is 3.11. The van der Waals surface area contributed by atoms with Crippen LogP contribution in [0.25, 0.3) is 0 Å². The Morgan fingerprint density at radius 1 is 1.04 bits per heavy atom. The maximum absolute atomic E-state index is 12.4. The molecule has 0 radical (unpaired) electrons. The topological polar surface area (TPSA) is 59.6 Å². The van der Waals surface area contributed by atoms with Crippen LogP contribution in [0.5, 0.6) is 11.5 Å². The highest BCUT2D eigenvalue weighted by Gasteiger charge is 2.16. The van der Waals surface area contributed by atoms with Gasteiger partial charge in [-0.05, 0) is 49.6 Å². The summed E-state index contributed by atoms with van der Waals surface area (Å²) in [6.45, 7) is 4.28. The highest BCUT2D eigenvalue weighted by molar-refractivity contribution is 5.96. The molecule has 2 aromatic carbocycles. The molecule has 0 saturated heterocycles. The molecule has 0 spiro atoms. The number of unbranched alkanes of at least 4 members (excludes halogenated alkanes) is 2. The smallest absolute Gasteiger partial charge is 0.246 e. The van der Waals surface area contributed by atoms with Crippen molar-refractivity contribution >= 4 is 17.3 Å². The first-order valence-electron chi connectivity index (χ1n) is 9.21. The Balaban J connectivity index is 1.52. The van der Waals surface area contributed by atoms with Crippen molar-refractivity contribution in [2.24, 2.45) is 0 Å². The zero-order valence-corrected chi connectivity index (χ0v) is 15.4. The molecule has 5 nitrogen and oxygen atoms in total. The molecule has 138 valence electrons. The maximum atomic E-state index is 12.4. The van der Waals surface area contributed by atoms with Crippen LogP contribution in [0.15, 0.2) is 42.5 Å². The van der Waals surface area contributed by atoms with Crippen molar-refractivity contribution in [1.29, 1.82) is 0 Å². The molecular formula is C21H26N2O3. The third kappa shape index (κ3) is 4.69. The van der Waals surface area contributed by atoms with E-state index in [0.29, 0.717) is 17.2 Å². The number of benzene rings is 2. The fraction of sp³-hybridized carbons (Fsp3) is 0.381. The van der Waals surface area contributed by atoms with Crippen LogP contribution >= 0.6 is 0 Å². The highest BCUT2D eigenvalue weighted by Crippen LogP contribution is 2.34. The van der Waals surface area contributed by atoms with E-state index in [2.05, 4.69) is 29.7 Å². The van der Waals surface area contributed by atoms with Gasteiger partial charge in [0.1, 0.15) is 6.04 Å². The Kier molecular flexibility index (Phi) is 6.00. The number of fused-ring (bicyclic) bond motifs is 1. The molecule has 1 amide bonds. The number of rotatable bonds is 8. The standard InChI is InChI=1S/C21H26N2O3/c1-3-4-5-6-16-7-9-17(10-8-16)22-15(2)21(24)23-18-11-12-19-20(13-18)26-14-25-19/h7-13,15,22H,3-6,14H2,1-2H3,(H,23,24)/t15-/m1/s1. The van der Waals surface area contributed by atoms with E-state index in [1.165, 1.54) is 24.8 Å². The number of hydrogen-bond acceptors (Lipinski definition) is 4. The number of carbonyl (C=O) groups is 1. The second-order valence-corrected chi connectivity index (χ2v) is 6.58. The van der Waals surface area contributed by atoms with Gasteiger partial charge in [0.15, 0.2) is 11.5 Å². The van der Waals surface area contributed by atoms with Crippen LogP contribution in [0.1, 0.15) is 38.7 Å². The molecule has 0 unspecified atom stereocenters. The number of aryl methyl sites for hydroxylation is 1. The summed E-state index contributed by atoms with van der Waals surface area (Å²) in [7, 11) is 0. The van der Waals surface area contributed by atoms with Crippen molar-refractivity contribution in [3.8, 4) is 11.5 Å². The number of anilines is 2. The summed E-state index contributed by atoms with van der Waals surface area (Å²) in [4.78, 5) is 12.4. The second-order valence-electron chi connectivity index (χ2n) is 6.58. The van der Waals surface area contributed by atoms with Crippen LogP contribution < -0.4 is 20.1 Å². The van der Waals surface area contributed by atoms with Crippen LogP contribution in [0.4, 0.5) is 11.4 Å². The molecule has 1 heterocycles. The van der Waals surface area contributed by atoms with Gasteiger partial charge in [0, 0.05) is 17.4 Å². The molecule has 0 bridgehead atoms. The minimum atomic E-state index is -0.355. The predicted molar refractivity (Wildman–Crippen MR) is 104 cm³/mol. The molecule has 1 atom stereocenters. The largest absolute Gasteiger partial charge is 0.454 e. The van der Waals surface area contributed by atoms with Crippen LogP contribution in [0.3, 0.4) is 0 Å². The van der Waals surface area contributed by atoms with Gasteiger partial charge in [0.2, 0.25) is 12.7 Å². The zero-order chi connectivity index (χ0) is 18.4. The number of carbonyl (C=O) groups excluding carboxylic acids is 1. The number of ether oxygens (including phenoxy) is 2. The normalized spacial score (nSPS) is 13.3. The third-order valence-electron chi connectivity index (χ3n) is 4.44. The van der Waals surface area contributed by atoms with Crippen molar-refractivity contribution in [2.45, 2.75) is 45.6 Å². The van der Waals surface area contributed by atoms with Crippen molar-refractivity contribution in [2.75, 3.05) is 17.4 Å². The monoisotopic (exact) mass is 354 g/mol. The first-order valence-corrected chi connectivity index (χ1v) is 9.21. The Bertz CT molecular complexity index is 743. The fourth-order valence-electron chi connectivity index (χ4n) is 2.89. The summed E-state index contributed by atoms with van der Waals surface area (Å²) < 4.78 is 10.6. The Morgan fingerprint density at radius 2 is 1.77 bits per heavy atom. The van der Waals surface area contributed by atoms with E-state index in [1.54, 1.807) is 12.1 Å². The summed E-state index contributed by atoms with van der Waals surface area (Å²) >= 11 is 0. The molecule has 1 aliphatic rings. The van der Waals surface area contributed by atoms with Crippen LogP contribution in [0.2, 0.25) is 0 Å². The predicted octanol–water partition coefficient (Wildman–Crippen LogP) is 4.59. The van der Waals surface area contributed by atoms with E-state index < -0.39 is 0 Å². The minimum Gasteiger partial charge on any atom is -0.454 e. The highest BCUT2D eigenvalue weighted by atomic mass is 16.7. The molecule has 3 rings (SSSR count). The van der Waals surface area contributed by atoms with Crippen molar-refractivity contribution in [1.82, 2.24) is 0 Å². The summed E-state index contributed by atoms with van der Waals surface area (Å²) in [6.07, 6.45) is 4.82. The average molecular weight is 354 g/mol. The van der Waals surface area contributed by atoms with Crippen molar-refractivity contribution < 1.29 is 14.3 Å². The van der Waals surface area contributed by atoms with E-state index in [1.807, 2.05) is 25.1 Å². The number of amides is 1. The van der Waals surface area contributed by atoms with E-state index in [4.69, 9.17) is 9.47 Å².